The summed E-state index contributed by atoms with van der Waals surface area (Å²) in [6, 6.07) is 8.32. The van der Waals surface area contributed by atoms with Crippen LogP contribution in [-0.4, -0.2) is 14.9 Å². The first-order valence-electron chi connectivity index (χ1n) is 6.03. The molecule has 2 aromatic rings. The highest BCUT2D eigenvalue weighted by Gasteiger charge is 2.11. The second-order valence-electron chi connectivity index (χ2n) is 4.69. The fourth-order valence-electron chi connectivity index (χ4n) is 1.77. The van der Waals surface area contributed by atoms with E-state index < -0.39 is 6.10 Å². The number of hydrogen-bond acceptors (Lipinski definition) is 2. The van der Waals surface area contributed by atoms with Crippen LogP contribution in [0.15, 0.2) is 41.1 Å². The summed E-state index contributed by atoms with van der Waals surface area (Å²) in [4.78, 5) is 0. The number of aliphatic hydroxyl groups excluding tert-OH is 1. The summed E-state index contributed by atoms with van der Waals surface area (Å²) in [5, 5.41) is 14.4. The van der Waals surface area contributed by atoms with Crippen molar-refractivity contribution >= 4 is 15.9 Å². The molecule has 0 aliphatic heterocycles. The van der Waals surface area contributed by atoms with Gasteiger partial charge in [-0.1, -0.05) is 28.1 Å². The van der Waals surface area contributed by atoms with Crippen LogP contribution in [0.3, 0.4) is 0 Å². The van der Waals surface area contributed by atoms with Crippen molar-refractivity contribution in [3.8, 4) is 0 Å². The van der Waals surface area contributed by atoms with E-state index in [1.807, 2.05) is 35.1 Å². The van der Waals surface area contributed by atoms with E-state index in [0.29, 0.717) is 12.5 Å². The lowest BCUT2D eigenvalue weighted by Crippen LogP contribution is -2.02. The van der Waals surface area contributed by atoms with Gasteiger partial charge in [0.15, 0.2) is 0 Å². The largest absolute Gasteiger partial charge is 0.388 e. The van der Waals surface area contributed by atoms with Gasteiger partial charge in [-0.05, 0) is 31.5 Å². The van der Waals surface area contributed by atoms with Crippen LogP contribution in [0, 0.1) is 0 Å². The summed E-state index contributed by atoms with van der Waals surface area (Å²) in [6.45, 7) is 4.13. The minimum Gasteiger partial charge on any atom is -0.388 e. The molecule has 0 spiro atoms. The molecular formula is C14H17BrN2O. The Balaban J connectivity index is 2.06. The number of aromatic nitrogens is 2. The molecular weight excluding hydrogens is 292 g/mol. The maximum atomic E-state index is 10.2. The Labute approximate surface area is 116 Å². The average molecular weight is 309 g/mol. The standard InChI is InChI=1S/C14H17BrN2O/c1-10(2)17-9-12(8-16-17)14(18)7-11-3-5-13(15)6-4-11/h3-6,8-10,14,18H,7H2,1-2H3. The summed E-state index contributed by atoms with van der Waals surface area (Å²) in [7, 11) is 0. The van der Waals surface area contributed by atoms with Crippen molar-refractivity contribution in [2.75, 3.05) is 0 Å². The molecule has 4 heteroatoms. The van der Waals surface area contributed by atoms with Gasteiger partial charge in [-0.2, -0.15) is 5.10 Å². The molecule has 1 heterocycles. The lowest BCUT2D eigenvalue weighted by molar-refractivity contribution is 0.178. The second-order valence-corrected chi connectivity index (χ2v) is 5.61. The molecule has 1 unspecified atom stereocenters. The predicted molar refractivity (Wildman–Crippen MR) is 75.4 cm³/mol. The topological polar surface area (TPSA) is 38.0 Å². The zero-order valence-electron chi connectivity index (χ0n) is 10.5. The summed E-state index contributed by atoms with van der Waals surface area (Å²) in [5.74, 6) is 0. The van der Waals surface area contributed by atoms with Crippen LogP contribution in [0.1, 0.15) is 37.1 Å². The van der Waals surface area contributed by atoms with Crippen molar-refractivity contribution in [3.05, 3.63) is 52.3 Å². The molecule has 18 heavy (non-hydrogen) atoms. The van der Waals surface area contributed by atoms with Crippen molar-refractivity contribution < 1.29 is 5.11 Å². The molecule has 0 saturated heterocycles. The zero-order valence-corrected chi connectivity index (χ0v) is 12.1. The smallest absolute Gasteiger partial charge is 0.0860 e. The van der Waals surface area contributed by atoms with Crippen molar-refractivity contribution in [3.63, 3.8) is 0 Å². The first kappa shape index (κ1) is 13.3. The lowest BCUT2D eigenvalue weighted by atomic mass is 10.0. The Kier molecular flexibility index (Phi) is 4.19. The predicted octanol–water partition coefficient (Wildman–Crippen LogP) is 3.50. The van der Waals surface area contributed by atoms with Crippen LogP contribution in [0.25, 0.3) is 0 Å². The monoisotopic (exact) mass is 308 g/mol. The zero-order chi connectivity index (χ0) is 13.1. The van der Waals surface area contributed by atoms with Crippen molar-refractivity contribution in [1.29, 1.82) is 0 Å². The van der Waals surface area contributed by atoms with Crippen LogP contribution >= 0.6 is 15.9 Å². The highest BCUT2D eigenvalue weighted by molar-refractivity contribution is 9.10. The number of benzene rings is 1. The van der Waals surface area contributed by atoms with Gasteiger partial charge < -0.3 is 5.11 Å². The molecule has 2 rings (SSSR count). The fraction of sp³-hybridized carbons (Fsp3) is 0.357. The van der Waals surface area contributed by atoms with E-state index in [0.717, 1.165) is 15.6 Å². The van der Waals surface area contributed by atoms with Gasteiger partial charge in [-0.15, -0.1) is 0 Å². The quantitative estimate of drug-likeness (QED) is 0.938. The normalized spacial score (nSPS) is 12.9. The Morgan fingerprint density at radius 2 is 1.94 bits per heavy atom. The van der Waals surface area contributed by atoms with E-state index >= 15 is 0 Å². The van der Waals surface area contributed by atoms with Gasteiger partial charge in [0.25, 0.3) is 0 Å². The van der Waals surface area contributed by atoms with Gasteiger partial charge in [0.1, 0.15) is 0 Å². The third kappa shape index (κ3) is 3.21. The van der Waals surface area contributed by atoms with Gasteiger partial charge >= 0.3 is 0 Å². The Bertz CT molecular complexity index is 505. The number of hydrogen-bond donors (Lipinski definition) is 1. The Morgan fingerprint density at radius 3 is 2.50 bits per heavy atom. The van der Waals surface area contributed by atoms with Crippen LogP contribution in [0.2, 0.25) is 0 Å². The number of aliphatic hydroxyl groups is 1. The molecule has 1 N–H and O–H groups in total. The molecule has 3 nitrogen and oxygen atoms in total. The minimum atomic E-state index is -0.501. The summed E-state index contributed by atoms with van der Waals surface area (Å²) < 4.78 is 2.91. The molecule has 0 saturated carbocycles. The summed E-state index contributed by atoms with van der Waals surface area (Å²) >= 11 is 3.40. The molecule has 96 valence electrons. The third-order valence-electron chi connectivity index (χ3n) is 2.88. The molecule has 0 fully saturated rings. The first-order valence-corrected chi connectivity index (χ1v) is 6.82. The molecule has 0 aliphatic carbocycles. The fourth-order valence-corrected chi connectivity index (χ4v) is 2.03. The first-order chi connectivity index (χ1) is 8.56. The highest BCUT2D eigenvalue weighted by Crippen LogP contribution is 2.20. The van der Waals surface area contributed by atoms with E-state index in [-0.39, 0.29) is 0 Å². The molecule has 0 bridgehead atoms. The van der Waals surface area contributed by atoms with Crippen LogP contribution in [-0.2, 0) is 6.42 Å². The van der Waals surface area contributed by atoms with Gasteiger partial charge in [0, 0.05) is 28.7 Å². The third-order valence-corrected chi connectivity index (χ3v) is 3.41. The van der Waals surface area contributed by atoms with Crippen LogP contribution < -0.4 is 0 Å². The van der Waals surface area contributed by atoms with E-state index in [1.54, 1.807) is 6.20 Å². The van der Waals surface area contributed by atoms with Crippen molar-refractivity contribution in [1.82, 2.24) is 9.78 Å². The van der Waals surface area contributed by atoms with Gasteiger partial charge in [-0.3, -0.25) is 4.68 Å². The SMILES string of the molecule is CC(C)n1cc(C(O)Cc2ccc(Br)cc2)cn1. The van der Waals surface area contributed by atoms with E-state index in [9.17, 15) is 5.11 Å². The molecule has 0 aliphatic rings. The molecule has 0 amide bonds. The number of halogens is 1. The maximum absolute atomic E-state index is 10.2. The Morgan fingerprint density at radius 1 is 1.28 bits per heavy atom. The van der Waals surface area contributed by atoms with E-state index in [2.05, 4.69) is 34.9 Å². The Hall–Kier alpha value is -1.13. The van der Waals surface area contributed by atoms with Crippen molar-refractivity contribution in [2.45, 2.75) is 32.4 Å². The van der Waals surface area contributed by atoms with Crippen molar-refractivity contribution in [2.24, 2.45) is 0 Å². The van der Waals surface area contributed by atoms with Crippen LogP contribution in [0.5, 0.6) is 0 Å². The molecule has 0 radical (unpaired) electrons. The number of rotatable bonds is 4. The van der Waals surface area contributed by atoms with Gasteiger partial charge in [-0.25, -0.2) is 0 Å². The highest BCUT2D eigenvalue weighted by atomic mass is 79.9. The average Bonchev–Trinajstić information content (AvgIpc) is 2.81. The van der Waals surface area contributed by atoms with Gasteiger partial charge in [0.05, 0.1) is 12.3 Å². The molecule has 1 atom stereocenters. The maximum Gasteiger partial charge on any atom is 0.0860 e. The minimum absolute atomic E-state index is 0.318. The number of nitrogens with zero attached hydrogens (tertiary/aromatic N) is 2. The van der Waals surface area contributed by atoms with E-state index in [1.165, 1.54) is 0 Å². The van der Waals surface area contributed by atoms with Gasteiger partial charge in [0.2, 0.25) is 0 Å². The molecule has 1 aromatic heterocycles. The van der Waals surface area contributed by atoms with E-state index in [4.69, 9.17) is 0 Å². The summed E-state index contributed by atoms with van der Waals surface area (Å²) in [6.07, 6.45) is 3.76. The van der Waals surface area contributed by atoms with Crippen LogP contribution in [0.4, 0.5) is 0 Å². The summed E-state index contributed by atoms with van der Waals surface area (Å²) in [5.41, 5.74) is 1.98. The molecule has 1 aromatic carbocycles. The lowest BCUT2D eigenvalue weighted by Gasteiger charge is -2.09. The second kappa shape index (κ2) is 5.67.